The van der Waals surface area contributed by atoms with Gasteiger partial charge in [-0.2, -0.15) is 5.10 Å². The fourth-order valence-corrected chi connectivity index (χ4v) is 3.03. The first kappa shape index (κ1) is 14.1. The average Bonchev–Trinajstić information content (AvgIpc) is 2.51. The van der Waals surface area contributed by atoms with Crippen LogP contribution in [0.2, 0.25) is 0 Å². The highest BCUT2D eigenvalue weighted by Gasteiger charge is 2.21. The molecule has 102 valence electrons. The molecule has 2 rings (SSSR count). The van der Waals surface area contributed by atoms with E-state index >= 15 is 0 Å². The third-order valence-electron chi connectivity index (χ3n) is 2.77. The summed E-state index contributed by atoms with van der Waals surface area (Å²) in [6.45, 7) is 1.76. The molecular weight excluding hydrogens is 289 g/mol. The molecule has 2 heterocycles. The second kappa shape index (κ2) is 5.38. The van der Waals surface area contributed by atoms with Crippen LogP contribution in [0.4, 0.5) is 4.39 Å². The third-order valence-corrected chi connectivity index (χ3v) is 4.13. The van der Waals surface area contributed by atoms with Gasteiger partial charge in [-0.3, -0.25) is 13.9 Å². The highest BCUT2D eigenvalue weighted by atomic mass is 35.5. The number of nitrogens with zero attached hydrogens (tertiary/aromatic N) is 3. The summed E-state index contributed by atoms with van der Waals surface area (Å²) in [4.78, 5) is 4.03. The monoisotopic (exact) mass is 301 g/mol. The molecule has 0 saturated heterocycles. The molecule has 0 aromatic carbocycles. The van der Waals surface area contributed by atoms with Gasteiger partial charge in [0, 0.05) is 31.5 Å². The van der Waals surface area contributed by atoms with Crippen molar-refractivity contribution < 1.29 is 8.60 Å². The molecule has 19 heavy (non-hydrogen) atoms. The maximum absolute atomic E-state index is 14.0. The fraction of sp³-hybridized carbons (Fsp3) is 0.333. The van der Waals surface area contributed by atoms with Gasteiger partial charge in [0.15, 0.2) is 0 Å². The highest BCUT2D eigenvalue weighted by molar-refractivity contribution is 7.84. The van der Waals surface area contributed by atoms with Gasteiger partial charge in [-0.1, -0.05) is 17.7 Å². The van der Waals surface area contributed by atoms with Crippen LogP contribution in [0.1, 0.15) is 17.7 Å². The van der Waals surface area contributed by atoms with E-state index < -0.39 is 16.6 Å². The van der Waals surface area contributed by atoms with Gasteiger partial charge in [0.1, 0.15) is 22.2 Å². The summed E-state index contributed by atoms with van der Waals surface area (Å²) in [6, 6.07) is 0. The van der Waals surface area contributed by atoms with E-state index in [1.54, 1.807) is 26.3 Å². The van der Waals surface area contributed by atoms with Crippen LogP contribution in [0.5, 0.6) is 0 Å². The average molecular weight is 302 g/mol. The number of rotatable bonds is 2. The summed E-state index contributed by atoms with van der Waals surface area (Å²) in [5.74, 6) is -0.401. The molecule has 0 bridgehead atoms. The SMILES string of the molecule is Cc1c(C2=C(F)CC=C(Cl)C=N2)nn(C)c1S(C)=O. The van der Waals surface area contributed by atoms with Crippen LogP contribution >= 0.6 is 11.6 Å². The zero-order valence-corrected chi connectivity index (χ0v) is 12.3. The molecule has 0 spiro atoms. The largest absolute Gasteiger partial charge is 0.259 e. The van der Waals surface area contributed by atoms with E-state index in [-0.39, 0.29) is 12.1 Å². The molecule has 1 aromatic rings. The quantitative estimate of drug-likeness (QED) is 0.843. The lowest BCUT2D eigenvalue weighted by Crippen LogP contribution is -2.00. The molecule has 0 radical (unpaired) electrons. The Kier molecular flexibility index (Phi) is 4.01. The lowest BCUT2D eigenvalue weighted by molar-refractivity contribution is 0.618. The molecule has 1 aliphatic heterocycles. The summed E-state index contributed by atoms with van der Waals surface area (Å²) in [7, 11) is 0.484. The summed E-state index contributed by atoms with van der Waals surface area (Å²) in [5, 5.41) is 5.17. The van der Waals surface area contributed by atoms with Gasteiger partial charge < -0.3 is 0 Å². The number of hydrogen-bond donors (Lipinski definition) is 0. The first-order chi connectivity index (χ1) is 8.91. The Morgan fingerprint density at radius 3 is 2.79 bits per heavy atom. The molecule has 0 N–H and O–H groups in total. The van der Waals surface area contributed by atoms with E-state index in [0.717, 1.165) is 0 Å². The van der Waals surface area contributed by atoms with Crippen LogP contribution in [0, 0.1) is 6.92 Å². The topological polar surface area (TPSA) is 47.2 Å². The van der Waals surface area contributed by atoms with Crippen LogP contribution in [-0.2, 0) is 17.8 Å². The summed E-state index contributed by atoms with van der Waals surface area (Å²) in [6.07, 6.45) is 4.58. The molecule has 1 aromatic heterocycles. The third kappa shape index (κ3) is 2.69. The van der Waals surface area contributed by atoms with Gasteiger partial charge >= 0.3 is 0 Å². The van der Waals surface area contributed by atoms with Gasteiger partial charge in [0.2, 0.25) is 0 Å². The van der Waals surface area contributed by atoms with Gasteiger partial charge in [0.05, 0.1) is 15.8 Å². The van der Waals surface area contributed by atoms with Crippen LogP contribution in [0.25, 0.3) is 5.70 Å². The number of halogens is 2. The number of aryl methyl sites for hydroxylation is 1. The van der Waals surface area contributed by atoms with E-state index in [9.17, 15) is 8.60 Å². The normalized spacial score (nSPS) is 17.4. The maximum atomic E-state index is 14.0. The van der Waals surface area contributed by atoms with Gasteiger partial charge in [-0.05, 0) is 6.92 Å². The van der Waals surface area contributed by atoms with Crippen molar-refractivity contribution in [3.05, 3.63) is 28.2 Å². The lowest BCUT2D eigenvalue weighted by Gasteiger charge is -2.00. The van der Waals surface area contributed by atoms with E-state index in [0.29, 0.717) is 21.3 Å². The minimum atomic E-state index is -1.19. The summed E-state index contributed by atoms with van der Waals surface area (Å²) < 4.78 is 27.2. The van der Waals surface area contributed by atoms with Crippen molar-refractivity contribution in [2.45, 2.75) is 18.4 Å². The molecule has 1 atom stereocenters. The standard InChI is InChI=1S/C12H13ClFN3OS/c1-7-10(16-17(2)12(7)19(3)18)11-9(14)5-4-8(13)6-15-11/h4,6H,5H2,1-3H3. The Morgan fingerprint density at radius 2 is 2.21 bits per heavy atom. The molecule has 0 aliphatic carbocycles. The Labute approximate surface area is 118 Å². The number of aliphatic imine (C=N–C) groups is 1. The van der Waals surface area contributed by atoms with Crippen LogP contribution < -0.4 is 0 Å². The zero-order valence-electron chi connectivity index (χ0n) is 10.8. The van der Waals surface area contributed by atoms with E-state index in [4.69, 9.17) is 11.6 Å². The van der Waals surface area contributed by atoms with E-state index in [2.05, 4.69) is 10.1 Å². The highest BCUT2D eigenvalue weighted by Crippen LogP contribution is 2.30. The van der Waals surface area contributed by atoms with Crippen molar-refractivity contribution in [1.29, 1.82) is 0 Å². The molecule has 1 aliphatic rings. The number of aromatic nitrogens is 2. The van der Waals surface area contributed by atoms with Crippen LogP contribution in [0.3, 0.4) is 0 Å². The Balaban J connectivity index is 2.57. The summed E-state index contributed by atoms with van der Waals surface area (Å²) >= 11 is 5.81. The minimum absolute atomic E-state index is 0.0781. The number of hydrogen-bond acceptors (Lipinski definition) is 3. The zero-order chi connectivity index (χ0) is 14.2. The van der Waals surface area contributed by atoms with Crippen molar-refractivity contribution >= 4 is 34.3 Å². The summed E-state index contributed by atoms with van der Waals surface area (Å²) in [5.41, 5.74) is 1.22. The minimum Gasteiger partial charge on any atom is -0.259 e. The van der Waals surface area contributed by atoms with Crippen molar-refractivity contribution in [3.8, 4) is 0 Å². The Morgan fingerprint density at radius 1 is 1.53 bits per heavy atom. The number of allylic oxidation sites excluding steroid dienone is 3. The smallest absolute Gasteiger partial charge is 0.132 e. The molecule has 7 heteroatoms. The first-order valence-corrected chi connectivity index (χ1v) is 7.51. The Hall–Kier alpha value is -1.27. The van der Waals surface area contributed by atoms with Crippen LogP contribution in [0.15, 0.2) is 27.0 Å². The first-order valence-electron chi connectivity index (χ1n) is 5.57. The van der Waals surface area contributed by atoms with Crippen molar-refractivity contribution in [1.82, 2.24) is 9.78 Å². The van der Waals surface area contributed by atoms with E-state index in [1.807, 2.05) is 0 Å². The molecule has 0 fully saturated rings. The van der Waals surface area contributed by atoms with Crippen molar-refractivity contribution in [2.24, 2.45) is 12.0 Å². The van der Waals surface area contributed by atoms with Gasteiger partial charge in [-0.25, -0.2) is 4.39 Å². The second-order valence-corrected chi connectivity index (χ2v) is 5.89. The predicted octanol–water partition coefficient (Wildman–Crippen LogP) is 2.70. The second-order valence-electron chi connectivity index (χ2n) is 4.16. The molecule has 4 nitrogen and oxygen atoms in total. The van der Waals surface area contributed by atoms with Gasteiger partial charge in [-0.15, -0.1) is 0 Å². The molecule has 1 unspecified atom stereocenters. The fourth-order valence-electron chi connectivity index (χ4n) is 1.96. The van der Waals surface area contributed by atoms with Crippen molar-refractivity contribution in [3.63, 3.8) is 0 Å². The molecular formula is C12H13ClFN3OS. The molecule has 0 saturated carbocycles. The van der Waals surface area contributed by atoms with Crippen LogP contribution in [-0.4, -0.2) is 26.5 Å². The predicted molar refractivity (Wildman–Crippen MR) is 75.4 cm³/mol. The van der Waals surface area contributed by atoms with Crippen molar-refractivity contribution in [2.75, 3.05) is 6.26 Å². The van der Waals surface area contributed by atoms with E-state index in [1.165, 1.54) is 10.9 Å². The maximum Gasteiger partial charge on any atom is 0.132 e. The lowest BCUT2D eigenvalue weighted by atomic mass is 10.2. The molecule has 0 amide bonds. The van der Waals surface area contributed by atoms with Gasteiger partial charge in [0.25, 0.3) is 0 Å². The Bertz CT molecular complexity index is 646.